The molecule has 0 radical (unpaired) electrons. The summed E-state index contributed by atoms with van der Waals surface area (Å²) in [7, 11) is -4.92. The fraction of sp³-hybridized carbons (Fsp3) is 0. The Morgan fingerprint density at radius 2 is 0.919 bits per heavy atom. The first-order valence-corrected chi connectivity index (χ1v) is 25.2. The minimum absolute atomic E-state index is 0.965. The number of ether oxygens (including phenoxy) is 1. The van der Waals surface area contributed by atoms with Crippen LogP contribution < -0.4 is 45.9 Å². The Kier molecular flexibility index (Phi) is 8.73. The number of anilines is 3. The van der Waals surface area contributed by atoms with Crippen LogP contribution >= 0.6 is 0 Å². The second-order valence-electron chi connectivity index (χ2n) is 16.3. The van der Waals surface area contributed by atoms with E-state index in [1.54, 1.807) is 0 Å². The van der Waals surface area contributed by atoms with E-state index in [4.69, 9.17) is 4.74 Å². The predicted octanol–water partition coefficient (Wildman–Crippen LogP) is 9.69. The second-order valence-corrected chi connectivity index (χ2v) is 22.8. The molecule has 1 unspecified atom stereocenters. The maximum absolute atomic E-state index is 6.78. The molecule has 1 spiro atoms. The van der Waals surface area contributed by atoms with Crippen LogP contribution in [0.1, 0.15) is 0 Å². The highest BCUT2D eigenvalue weighted by Gasteiger charge is 2.53. The van der Waals surface area contributed by atoms with Crippen molar-refractivity contribution in [3.63, 3.8) is 0 Å². The zero-order chi connectivity index (χ0) is 41.0. The molecule has 12 rings (SSSR count). The standard InChI is InChI=1S/C58H41NOSi2/c1-3-18-42(19-4-1)49-25-9-10-27-50(49)59(44-36-34-43(35-37-44)48-26-17-21-41-20-7-8-24-47(41)48)45-38-39-58-54(40-45)61(46-22-5-2-6-23-46)53-30-13-16-33-57(53)62(58)55-31-14-11-28-51(55)60-52-29-12-15-32-56(52)62/h1-40,61H. The minimum atomic E-state index is -2.88. The third-order valence-corrected chi connectivity index (χ3v) is 21.9. The van der Waals surface area contributed by atoms with Gasteiger partial charge < -0.3 is 9.64 Å². The van der Waals surface area contributed by atoms with Crippen LogP contribution in [0.5, 0.6) is 11.5 Å². The van der Waals surface area contributed by atoms with Gasteiger partial charge in [0.15, 0.2) is 8.07 Å². The van der Waals surface area contributed by atoms with E-state index in [1.807, 2.05) is 0 Å². The third-order valence-electron chi connectivity index (χ3n) is 13.1. The van der Waals surface area contributed by atoms with Crippen molar-refractivity contribution in [2.45, 2.75) is 0 Å². The van der Waals surface area contributed by atoms with Crippen LogP contribution in [0.2, 0.25) is 0 Å². The summed E-state index contributed by atoms with van der Waals surface area (Å²) in [5.41, 5.74) is 8.21. The molecule has 0 aromatic heterocycles. The van der Waals surface area contributed by atoms with E-state index in [9.17, 15) is 0 Å². The lowest BCUT2D eigenvalue weighted by Gasteiger charge is -2.46. The Morgan fingerprint density at radius 3 is 1.69 bits per heavy atom. The molecule has 0 aliphatic carbocycles. The summed E-state index contributed by atoms with van der Waals surface area (Å²) in [6.07, 6.45) is 0. The van der Waals surface area contributed by atoms with Crippen molar-refractivity contribution in [1.29, 1.82) is 0 Å². The summed E-state index contributed by atoms with van der Waals surface area (Å²) < 4.78 is 6.78. The molecule has 0 fully saturated rings. The molecule has 2 aliphatic heterocycles. The molecule has 0 saturated carbocycles. The Balaban J connectivity index is 1.13. The van der Waals surface area contributed by atoms with Gasteiger partial charge in [-0.15, -0.1) is 0 Å². The highest BCUT2D eigenvalue weighted by atomic mass is 28.3. The minimum Gasteiger partial charge on any atom is -0.458 e. The molecule has 4 heteroatoms. The van der Waals surface area contributed by atoms with Gasteiger partial charge in [0.1, 0.15) is 20.3 Å². The SMILES string of the molecule is c1ccc(-c2ccccc2N(c2ccc(-c3cccc4ccccc34)cc2)c2ccc3c(c2)[SiH](c2ccccc2)c2ccccc2[Si]32c3ccccc3Oc3ccccc32)cc1. The van der Waals surface area contributed by atoms with Gasteiger partial charge >= 0.3 is 0 Å². The maximum Gasteiger partial charge on any atom is 0.188 e. The Morgan fingerprint density at radius 1 is 0.371 bits per heavy atom. The van der Waals surface area contributed by atoms with Crippen LogP contribution in [0.15, 0.2) is 243 Å². The molecule has 10 aromatic carbocycles. The lowest BCUT2D eigenvalue weighted by molar-refractivity contribution is 0.487. The molecular weight excluding hydrogens is 783 g/mol. The highest BCUT2D eigenvalue weighted by Crippen LogP contribution is 2.42. The van der Waals surface area contributed by atoms with Gasteiger partial charge in [0.25, 0.3) is 0 Å². The Labute approximate surface area is 365 Å². The molecule has 0 bridgehead atoms. The van der Waals surface area contributed by atoms with E-state index in [0.717, 1.165) is 28.6 Å². The average Bonchev–Trinajstić information content (AvgIpc) is 3.35. The first kappa shape index (κ1) is 36.4. The van der Waals surface area contributed by atoms with E-state index in [2.05, 4.69) is 248 Å². The molecule has 62 heavy (non-hydrogen) atoms. The molecule has 292 valence electrons. The molecule has 2 heterocycles. The van der Waals surface area contributed by atoms with Crippen molar-refractivity contribution in [2.75, 3.05) is 4.90 Å². The van der Waals surface area contributed by atoms with Crippen LogP contribution in [-0.2, 0) is 0 Å². The summed E-state index contributed by atoms with van der Waals surface area (Å²) in [6.45, 7) is 0. The number of benzene rings is 10. The van der Waals surface area contributed by atoms with Crippen molar-refractivity contribution < 1.29 is 4.74 Å². The smallest absolute Gasteiger partial charge is 0.188 e. The topological polar surface area (TPSA) is 12.5 Å². The van der Waals surface area contributed by atoms with Crippen molar-refractivity contribution in [3.05, 3.63) is 243 Å². The summed E-state index contributed by atoms with van der Waals surface area (Å²) >= 11 is 0. The fourth-order valence-corrected chi connectivity index (χ4v) is 20.9. The predicted molar refractivity (Wildman–Crippen MR) is 266 cm³/mol. The second kappa shape index (κ2) is 14.9. The van der Waals surface area contributed by atoms with Crippen molar-refractivity contribution in [1.82, 2.24) is 0 Å². The highest BCUT2D eigenvalue weighted by molar-refractivity contribution is 7.27. The van der Waals surface area contributed by atoms with Gasteiger partial charge in [-0.1, -0.05) is 216 Å². The Bertz CT molecular complexity index is 3240. The summed E-state index contributed by atoms with van der Waals surface area (Å²) in [4.78, 5) is 2.49. The number of para-hydroxylation sites is 3. The van der Waals surface area contributed by atoms with Crippen molar-refractivity contribution in [3.8, 4) is 33.8 Å². The first-order chi connectivity index (χ1) is 30.8. The van der Waals surface area contributed by atoms with Gasteiger partial charge in [0.2, 0.25) is 0 Å². The van der Waals surface area contributed by atoms with E-state index < -0.39 is 16.9 Å². The third kappa shape index (κ3) is 5.68. The van der Waals surface area contributed by atoms with Gasteiger partial charge in [-0.05, 0) is 90.7 Å². The average molecular weight is 824 g/mol. The molecular formula is C58H41NOSi2. The lowest BCUT2D eigenvalue weighted by atomic mass is 9.97. The maximum atomic E-state index is 6.78. The molecule has 0 saturated heterocycles. The van der Waals surface area contributed by atoms with Crippen LogP contribution in [0.4, 0.5) is 17.1 Å². The molecule has 2 aliphatic rings. The van der Waals surface area contributed by atoms with Crippen molar-refractivity contribution in [2.24, 2.45) is 0 Å². The molecule has 0 N–H and O–H groups in total. The summed E-state index contributed by atoms with van der Waals surface area (Å²) in [5.74, 6) is 1.93. The van der Waals surface area contributed by atoms with Gasteiger partial charge in [-0.2, -0.15) is 0 Å². The number of hydrogen-bond acceptors (Lipinski definition) is 2. The normalized spacial score (nSPS) is 14.2. The largest absolute Gasteiger partial charge is 0.458 e. The first-order valence-electron chi connectivity index (χ1n) is 21.5. The molecule has 1 atom stereocenters. The molecule has 0 amide bonds. The van der Waals surface area contributed by atoms with Crippen LogP contribution in [0.25, 0.3) is 33.0 Å². The van der Waals surface area contributed by atoms with E-state index in [0.29, 0.717) is 0 Å². The Hall–Kier alpha value is -7.51. The van der Waals surface area contributed by atoms with Crippen LogP contribution in [0.3, 0.4) is 0 Å². The van der Waals surface area contributed by atoms with Crippen LogP contribution in [-0.4, -0.2) is 16.9 Å². The quantitative estimate of drug-likeness (QED) is 0.155. The fourth-order valence-electron chi connectivity index (χ4n) is 10.5. The van der Waals surface area contributed by atoms with Gasteiger partial charge in [-0.3, -0.25) is 0 Å². The van der Waals surface area contributed by atoms with Gasteiger partial charge in [0, 0.05) is 16.9 Å². The van der Waals surface area contributed by atoms with Gasteiger partial charge in [-0.25, -0.2) is 0 Å². The zero-order valence-electron chi connectivity index (χ0n) is 34.0. The zero-order valence-corrected chi connectivity index (χ0v) is 36.2. The van der Waals surface area contributed by atoms with Crippen LogP contribution in [0, 0.1) is 0 Å². The van der Waals surface area contributed by atoms with Crippen molar-refractivity contribution >= 4 is 81.0 Å². The monoisotopic (exact) mass is 823 g/mol. The lowest BCUT2D eigenvalue weighted by Crippen LogP contribution is -2.87. The molecule has 2 nitrogen and oxygen atoms in total. The van der Waals surface area contributed by atoms with E-state index >= 15 is 0 Å². The summed E-state index contributed by atoms with van der Waals surface area (Å²) in [6, 6.07) is 90.0. The number of hydrogen-bond donors (Lipinski definition) is 0. The van der Waals surface area contributed by atoms with E-state index in [-0.39, 0.29) is 0 Å². The summed E-state index contributed by atoms with van der Waals surface area (Å²) in [5, 5.41) is 12.5. The number of fused-ring (bicyclic) bond motifs is 9. The molecule has 10 aromatic rings. The number of nitrogens with zero attached hydrogens (tertiary/aromatic N) is 1. The number of rotatable bonds is 6. The van der Waals surface area contributed by atoms with Gasteiger partial charge in [0.05, 0.1) is 5.69 Å². The van der Waals surface area contributed by atoms with E-state index in [1.165, 1.54) is 69.3 Å².